The second kappa shape index (κ2) is 5.20. The van der Waals surface area contributed by atoms with Crippen LogP contribution in [0.2, 0.25) is 0 Å². The second-order valence-electron chi connectivity index (χ2n) is 4.41. The van der Waals surface area contributed by atoms with Gasteiger partial charge in [-0.3, -0.25) is 15.1 Å². The minimum atomic E-state index is -0.207. The van der Waals surface area contributed by atoms with Gasteiger partial charge in [0.15, 0.2) is 5.65 Å². The number of methoxy groups -OCH3 is 1. The number of hydrogen-bond donors (Lipinski definition) is 1. The van der Waals surface area contributed by atoms with Crippen LogP contribution < -0.4 is 10.1 Å². The lowest BCUT2D eigenvalue weighted by atomic mass is 10.1. The largest absolute Gasteiger partial charge is 0.494 e. The van der Waals surface area contributed by atoms with Crippen LogP contribution in [0.15, 0.2) is 36.8 Å². The highest BCUT2D eigenvalue weighted by molar-refractivity contribution is 5.86. The number of nitrogens with one attached hydrogen (secondary N) is 1. The first kappa shape index (κ1) is 13.0. The summed E-state index contributed by atoms with van der Waals surface area (Å²) in [5, 5.41) is 6.77. The van der Waals surface area contributed by atoms with Crippen molar-refractivity contribution in [2.24, 2.45) is 0 Å². The Bertz CT molecular complexity index is 812. The summed E-state index contributed by atoms with van der Waals surface area (Å²) in [5.74, 6) is 0.752. The van der Waals surface area contributed by atoms with Gasteiger partial charge in [-0.15, -0.1) is 5.10 Å². The summed E-state index contributed by atoms with van der Waals surface area (Å²) < 4.78 is 6.92. The monoisotopic (exact) mass is 283 g/mol. The van der Waals surface area contributed by atoms with Crippen molar-refractivity contribution in [1.82, 2.24) is 19.6 Å². The number of ether oxygens (including phenoxy) is 1. The molecule has 1 amide bonds. The molecule has 106 valence electrons. The fourth-order valence-corrected chi connectivity index (χ4v) is 2.03. The molecule has 0 unspecified atom stereocenters. The van der Waals surface area contributed by atoms with E-state index in [-0.39, 0.29) is 11.9 Å². The highest BCUT2D eigenvalue weighted by Crippen LogP contribution is 2.28. The van der Waals surface area contributed by atoms with E-state index >= 15 is 0 Å². The highest BCUT2D eigenvalue weighted by Gasteiger charge is 2.09. The van der Waals surface area contributed by atoms with Crippen LogP contribution in [-0.4, -0.2) is 32.6 Å². The van der Waals surface area contributed by atoms with Gasteiger partial charge >= 0.3 is 0 Å². The summed E-state index contributed by atoms with van der Waals surface area (Å²) in [6, 6.07) is 5.61. The van der Waals surface area contributed by atoms with Crippen molar-refractivity contribution < 1.29 is 9.53 Å². The van der Waals surface area contributed by atoms with E-state index in [9.17, 15) is 4.79 Å². The Morgan fingerprint density at radius 3 is 2.95 bits per heavy atom. The Balaban J connectivity index is 2.06. The van der Waals surface area contributed by atoms with Crippen LogP contribution >= 0.6 is 0 Å². The first-order valence-corrected chi connectivity index (χ1v) is 6.30. The van der Waals surface area contributed by atoms with Crippen molar-refractivity contribution in [1.29, 1.82) is 0 Å². The molecule has 3 aromatic heterocycles. The Morgan fingerprint density at radius 1 is 1.33 bits per heavy atom. The van der Waals surface area contributed by atoms with Crippen LogP contribution in [0.25, 0.3) is 16.8 Å². The molecule has 0 aliphatic carbocycles. The molecule has 0 aromatic carbocycles. The highest BCUT2D eigenvalue weighted by atomic mass is 16.5. The molecule has 0 fully saturated rings. The van der Waals surface area contributed by atoms with Crippen molar-refractivity contribution in [3.63, 3.8) is 0 Å². The number of hydrogen-bond acceptors (Lipinski definition) is 5. The smallest absolute Gasteiger partial charge is 0.249 e. The SMILES string of the molecule is COc1cnccc1-c1ccc2nc(NC(C)=O)nn2c1. The maximum Gasteiger partial charge on any atom is 0.249 e. The van der Waals surface area contributed by atoms with Gasteiger partial charge < -0.3 is 4.74 Å². The molecule has 21 heavy (non-hydrogen) atoms. The van der Waals surface area contributed by atoms with Crippen LogP contribution in [-0.2, 0) is 4.79 Å². The maximum atomic E-state index is 11.0. The predicted molar refractivity (Wildman–Crippen MR) is 77.1 cm³/mol. The van der Waals surface area contributed by atoms with Crippen LogP contribution in [0.5, 0.6) is 5.75 Å². The van der Waals surface area contributed by atoms with Crippen LogP contribution in [0.1, 0.15) is 6.92 Å². The number of carbonyl (C=O) groups excluding carboxylic acids is 1. The molecule has 0 radical (unpaired) electrons. The van der Waals surface area contributed by atoms with E-state index in [1.54, 1.807) is 24.0 Å². The van der Waals surface area contributed by atoms with Gasteiger partial charge in [-0.25, -0.2) is 4.52 Å². The van der Waals surface area contributed by atoms with E-state index in [0.29, 0.717) is 11.4 Å². The molecule has 3 aromatic rings. The quantitative estimate of drug-likeness (QED) is 0.792. The van der Waals surface area contributed by atoms with Crippen LogP contribution in [0.3, 0.4) is 0 Å². The molecule has 3 heterocycles. The van der Waals surface area contributed by atoms with Gasteiger partial charge in [0, 0.05) is 30.4 Å². The van der Waals surface area contributed by atoms with E-state index in [0.717, 1.165) is 11.1 Å². The molecule has 0 atom stereocenters. The number of rotatable bonds is 3. The third kappa shape index (κ3) is 2.53. The third-order valence-corrected chi connectivity index (χ3v) is 2.93. The number of carbonyl (C=O) groups is 1. The van der Waals surface area contributed by atoms with E-state index in [4.69, 9.17) is 4.74 Å². The van der Waals surface area contributed by atoms with Crippen molar-refractivity contribution in [2.45, 2.75) is 6.92 Å². The molecule has 0 saturated heterocycles. The van der Waals surface area contributed by atoms with Crippen molar-refractivity contribution >= 4 is 17.5 Å². The standard InChI is InChI=1S/C14H13N5O2/c1-9(20)16-14-17-13-4-3-10(8-19(13)18-14)11-5-6-15-7-12(11)21-2/h3-8H,1-2H3,(H,16,18,20). The topological polar surface area (TPSA) is 81.4 Å². The first-order chi connectivity index (χ1) is 10.2. The van der Waals surface area contributed by atoms with E-state index in [2.05, 4.69) is 20.4 Å². The Hall–Kier alpha value is -2.96. The number of anilines is 1. The van der Waals surface area contributed by atoms with Gasteiger partial charge in [0.2, 0.25) is 11.9 Å². The van der Waals surface area contributed by atoms with Gasteiger partial charge in [0.1, 0.15) is 5.75 Å². The average molecular weight is 283 g/mol. The summed E-state index contributed by atoms with van der Waals surface area (Å²) in [5.41, 5.74) is 2.47. The average Bonchev–Trinajstić information content (AvgIpc) is 2.87. The molecular weight excluding hydrogens is 270 g/mol. The third-order valence-electron chi connectivity index (χ3n) is 2.93. The summed E-state index contributed by atoms with van der Waals surface area (Å²) in [7, 11) is 1.60. The number of amides is 1. The van der Waals surface area contributed by atoms with Crippen molar-refractivity contribution in [3.05, 3.63) is 36.8 Å². The fraction of sp³-hybridized carbons (Fsp3) is 0.143. The lowest BCUT2D eigenvalue weighted by molar-refractivity contribution is -0.114. The van der Waals surface area contributed by atoms with Crippen LogP contribution in [0, 0.1) is 0 Å². The van der Waals surface area contributed by atoms with Gasteiger partial charge in [0.25, 0.3) is 0 Å². The molecule has 0 spiro atoms. The minimum absolute atomic E-state index is 0.207. The molecule has 0 saturated carbocycles. The fourth-order valence-electron chi connectivity index (χ4n) is 2.03. The summed E-state index contributed by atoms with van der Waals surface area (Å²) in [6.45, 7) is 1.42. The number of nitrogens with zero attached hydrogens (tertiary/aromatic N) is 4. The summed E-state index contributed by atoms with van der Waals surface area (Å²) >= 11 is 0. The predicted octanol–water partition coefficient (Wildman–Crippen LogP) is 1.76. The van der Waals surface area contributed by atoms with E-state index < -0.39 is 0 Å². The zero-order valence-electron chi connectivity index (χ0n) is 11.6. The van der Waals surface area contributed by atoms with Crippen LogP contribution in [0.4, 0.5) is 5.95 Å². The molecule has 3 rings (SSSR count). The zero-order valence-corrected chi connectivity index (χ0v) is 11.6. The Kier molecular flexibility index (Phi) is 3.23. The number of fused-ring (bicyclic) bond motifs is 1. The number of pyridine rings is 2. The molecule has 7 heteroatoms. The van der Waals surface area contributed by atoms with Gasteiger partial charge in [-0.1, -0.05) is 0 Å². The molecule has 0 bridgehead atoms. The van der Waals surface area contributed by atoms with Gasteiger partial charge in [-0.2, -0.15) is 4.98 Å². The molecule has 0 aliphatic rings. The van der Waals surface area contributed by atoms with Crippen molar-refractivity contribution in [2.75, 3.05) is 12.4 Å². The first-order valence-electron chi connectivity index (χ1n) is 6.30. The Morgan fingerprint density at radius 2 is 2.19 bits per heavy atom. The molecule has 1 N–H and O–H groups in total. The Labute approximate surface area is 120 Å². The zero-order chi connectivity index (χ0) is 14.8. The van der Waals surface area contributed by atoms with E-state index in [1.807, 2.05) is 24.4 Å². The van der Waals surface area contributed by atoms with Crippen molar-refractivity contribution in [3.8, 4) is 16.9 Å². The molecular formula is C14H13N5O2. The maximum absolute atomic E-state index is 11.0. The lowest BCUT2D eigenvalue weighted by Gasteiger charge is -2.07. The summed E-state index contributed by atoms with van der Waals surface area (Å²) in [6.07, 6.45) is 5.18. The summed E-state index contributed by atoms with van der Waals surface area (Å²) in [4.78, 5) is 19.3. The van der Waals surface area contributed by atoms with Gasteiger partial charge in [-0.05, 0) is 18.2 Å². The lowest BCUT2D eigenvalue weighted by Crippen LogP contribution is -2.07. The van der Waals surface area contributed by atoms with E-state index in [1.165, 1.54) is 6.92 Å². The normalized spacial score (nSPS) is 10.6. The molecule has 0 aliphatic heterocycles. The number of aromatic nitrogens is 4. The second-order valence-corrected chi connectivity index (χ2v) is 4.41. The minimum Gasteiger partial charge on any atom is -0.494 e. The van der Waals surface area contributed by atoms with Gasteiger partial charge in [0.05, 0.1) is 13.3 Å². The molecule has 7 nitrogen and oxygen atoms in total.